The van der Waals surface area contributed by atoms with Gasteiger partial charge in [-0.05, 0) is 16.8 Å². The van der Waals surface area contributed by atoms with Crippen molar-refractivity contribution in [2.24, 2.45) is 14.1 Å². The first-order valence-corrected chi connectivity index (χ1v) is 8.37. The van der Waals surface area contributed by atoms with Crippen LogP contribution in [-0.2, 0) is 14.1 Å². The molecule has 0 bridgehead atoms. The summed E-state index contributed by atoms with van der Waals surface area (Å²) in [6, 6.07) is 10.1. The summed E-state index contributed by atoms with van der Waals surface area (Å²) >= 11 is 0. The number of hydrogen-bond acceptors (Lipinski definition) is 4. The Hall–Kier alpha value is -3.55. The second kappa shape index (κ2) is 6.01. The van der Waals surface area contributed by atoms with Gasteiger partial charge in [0.1, 0.15) is 11.6 Å². The normalized spacial score (nSPS) is 15.8. The number of hydrogen-bond donors (Lipinski definition) is 2. The molecule has 0 aliphatic carbocycles. The third-order valence-corrected chi connectivity index (χ3v) is 4.93. The zero-order chi connectivity index (χ0) is 19.3. The molecular formula is C19H18N4O4. The number of aromatic nitrogens is 2. The van der Waals surface area contributed by atoms with Gasteiger partial charge in [0, 0.05) is 19.7 Å². The molecule has 1 atom stereocenters. The number of fused-ring (bicyclic) bond motifs is 2. The van der Waals surface area contributed by atoms with Crippen LogP contribution < -0.4 is 26.6 Å². The molecule has 1 unspecified atom stereocenters. The Labute approximate surface area is 154 Å². The number of urea groups is 1. The first kappa shape index (κ1) is 16.9. The largest absolute Gasteiger partial charge is 0.496 e. The third kappa shape index (κ3) is 2.41. The van der Waals surface area contributed by atoms with E-state index in [-0.39, 0.29) is 11.4 Å². The van der Waals surface area contributed by atoms with Gasteiger partial charge in [-0.3, -0.25) is 19.2 Å². The molecule has 0 saturated carbocycles. The topological polar surface area (TPSA) is 94.4 Å². The van der Waals surface area contributed by atoms with Gasteiger partial charge in [0.15, 0.2) is 0 Å². The van der Waals surface area contributed by atoms with Crippen LogP contribution in [0.25, 0.3) is 10.8 Å². The van der Waals surface area contributed by atoms with Crippen LogP contribution in [0.5, 0.6) is 5.75 Å². The van der Waals surface area contributed by atoms with E-state index in [9.17, 15) is 14.4 Å². The average Bonchev–Trinajstić information content (AvgIpc) is 2.69. The Kier molecular flexibility index (Phi) is 3.76. The molecule has 0 radical (unpaired) electrons. The SMILES string of the molecule is COc1ccc2ccccc2c1C1NC(=O)Nc2c1c(=O)n(C)c(=O)n2C. The molecule has 27 heavy (non-hydrogen) atoms. The van der Waals surface area contributed by atoms with Gasteiger partial charge < -0.3 is 10.1 Å². The lowest BCUT2D eigenvalue weighted by molar-refractivity contribution is 0.248. The van der Waals surface area contributed by atoms with Gasteiger partial charge in [-0.15, -0.1) is 0 Å². The summed E-state index contributed by atoms with van der Waals surface area (Å²) in [6.45, 7) is 0. The van der Waals surface area contributed by atoms with E-state index in [4.69, 9.17) is 4.74 Å². The van der Waals surface area contributed by atoms with Crippen LogP contribution in [0.4, 0.5) is 10.6 Å². The quantitative estimate of drug-likeness (QED) is 0.718. The molecular weight excluding hydrogens is 348 g/mol. The minimum atomic E-state index is -0.764. The molecule has 1 aromatic heterocycles. The molecule has 2 heterocycles. The van der Waals surface area contributed by atoms with Crippen LogP contribution in [0.2, 0.25) is 0 Å². The van der Waals surface area contributed by atoms with E-state index in [2.05, 4.69) is 10.6 Å². The molecule has 1 aliphatic rings. The van der Waals surface area contributed by atoms with Crippen LogP contribution in [0.1, 0.15) is 17.2 Å². The predicted molar refractivity (Wildman–Crippen MR) is 101 cm³/mol. The number of anilines is 1. The number of nitrogens with one attached hydrogen (secondary N) is 2. The molecule has 1 aliphatic heterocycles. The Morgan fingerprint density at radius 1 is 0.963 bits per heavy atom. The van der Waals surface area contributed by atoms with Crippen molar-refractivity contribution in [1.29, 1.82) is 0 Å². The fourth-order valence-corrected chi connectivity index (χ4v) is 3.60. The summed E-state index contributed by atoms with van der Waals surface area (Å²) in [5.41, 5.74) is -0.0264. The van der Waals surface area contributed by atoms with Crippen molar-refractivity contribution < 1.29 is 9.53 Å². The number of ether oxygens (including phenoxy) is 1. The highest BCUT2D eigenvalue weighted by molar-refractivity contribution is 5.95. The summed E-state index contributed by atoms with van der Waals surface area (Å²) in [7, 11) is 4.47. The van der Waals surface area contributed by atoms with Crippen molar-refractivity contribution in [3.05, 3.63) is 68.4 Å². The fraction of sp³-hybridized carbons (Fsp3) is 0.211. The van der Waals surface area contributed by atoms with Crippen LogP contribution in [0.3, 0.4) is 0 Å². The number of amides is 2. The van der Waals surface area contributed by atoms with Crippen LogP contribution in [0.15, 0.2) is 46.0 Å². The van der Waals surface area contributed by atoms with E-state index in [0.29, 0.717) is 11.3 Å². The number of carbonyl (C=O) groups excluding carboxylic acids is 1. The van der Waals surface area contributed by atoms with E-state index in [1.165, 1.54) is 25.8 Å². The van der Waals surface area contributed by atoms with Gasteiger partial charge in [0.05, 0.1) is 18.7 Å². The van der Waals surface area contributed by atoms with E-state index in [1.54, 1.807) is 6.07 Å². The van der Waals surface area contributed by atoms with Gasteiger partial charge in [-0.25, -0.2) is 9.59 Å². The highest BCUT2D eigenvalue weighted by atomic mass is 16.5. The molecule has 0 spiro atoms. The van der Waals surface area contributed by atoms with E-state index in [0.717, 1.165) is 15.3 Å². The molecule has 8 nitrogen and oxygen atoms in total. The highest BCUT2D eigenvalue weighted by Crippen LogP contribution is 2.38. The summed E-state index contributed by atoms with van der Waals surface area (Å²) < 4.78 is 7.83. The van der Waals surface area contributed by atoms with Crippen molar-refractivity contribution in [2.75, 3.05) is 12.4 Å². The number of benzene rings is 2. The predicted octanol–water partition coefficient (Wildman–Crippen LogP) is 1.47. The van der Waals surface area contributed by atoms with E-state index < -0.39 is 23.3 Å². The Morgan fingerprint density at radius 3 is 2.44 bits per heavy atom. The van der Waals surface area contributed by atoms with Gasteiger partial charge in [-0.2, -0.15) is 0 Å². The molecule has 3 aromatic rings. The van der Waals surface area contributed by atoms with Gasteiger partial charge in [0.25, 0.3) is 5.56 Å². The van der Waals surface area contributed by atoms with Crippen LogP contribution in [-0.4, -0.2) is 22.3 Å². The minimum absolute atomic E-state index is 0.187. The number of methoxy groups -OCH3 is 1. The molecule has 0 fully saturated rings. The molecule has 2 aromatic carbocycles. The smallest absolute Gasteiger partial charge is 0.332 e. The third-order valence-electron chi connectivity index (χ3n) is 4.93. The molecule has 2 N–H and O–H groups in total. The van der Waals surface area contributed by atoms with Gasteiger partial charge in [-0.1, -0.05) is 30.3 Å². The number of carbonyl (C=O) groups is 1. The molecule has 138 valence electrons. The summed E-state index contributed by atoms with van der Waals surface area (Å²) in [5, 5.41) is 7.19. The van der Waals surface area contributed by atoms with Crippen molar-refractivity contribution in [3.63, 3.8) is 0 Å². The summed E-state index contributed by atoms with van der Waals surface area (Å²) in [6.07, 6.45) is 0. The van der Waals surface area contributed by atoms with Crippen molar-refractivity contribution >= 4 is 22.6 Å². The van der Waals surface area contributed by atoms with Gasteiger partial charge >= 0.3 is 11.7 Å². The van der Waals surface area contributed by atoms with E-state index >= 15 is 0 Å². The van der Waals surface area contributed by atoms with Crippen molar-refractivity contribution in [1.82, 2.24) is 14.5 Å². The van der Waals surface area contributed by atoms with Crippen molar-refractivity contribution in [3.8, 4) is 5.75 Å². The maximum Gasteiger partial charge on any atom is 0.332 e. The van der Waals surface area contributed by atoms with E-state index in [1.807, 2.05) is 30.3 Å². The molecule has 2 amide bonds. The summed E-state index contributed by atoms with van der Waals surface area (Å²) in [5.74, 6) is 0.731. The highest BCUT2D eigenvalue weighted by Gasteiger charge is 2.34. The Bertz CT molecular complexity index is 1210. The number of rotatable bonds is 2. The maximum atomic E-state index is 12.9. The molecule has 0 saturated heterocycles. The second-order valence-corrected chi connectivity index (χ2v) is 6.40. The standard InChI is InChI=1S/C19H18N4O4/c1-22-16-14(17(24)23(2)19(22)26)15(20-18(25)21-16)13-11-7-5-4-6-10(11)8-9-12(13)27-3/h4-9,15H,1-3H3,(H2,20,21,25). The second-order valence-electron chi connectivity index (χ2n) is 6.40. The summed E-state index contributed by atoms with van der Waals surface area (Å²) in [4.78, 5) is 37.5. The maximum absolute atomic E-state index is 12.9. The first-order chi connectivity index (χ1) is 12.9. The Balaban J connectivity index is 2.12. The average molecular weight is 366 g/mol. The van der Waals surface area contributed by atoms with Crippen molar-refractivity contribution in [2.45, 2.75) is 6.04 Å². The van der Waals surface area contributed by atoms with Crippen LogP contribution >= 0.6 is 0 Å². The zero-order valence-electron chi connectivity index (χ0n) is 15.1. The fourth-order valence-electron chi connectivity index (χ4n) is 3.60. The zero-order valence-corrected chi connectivity index (χ0v) is 15.1. The Morgan fingerprint density at radius 2 is 1.70 bits per heavy atom. The lowest BCUT2D eigenvalue weighted by Gasteiger charge is -2.30. The molecule has 4 rings (SSSR count). The lowest BCUT2D eigenvalue weighted by atomic mass is 9.92. The monoisotopic (exact) mass is 366 g/mol. The van der Waals surface area contributed by atoms with Crippen LogP contribution in [0, 0.1) is 0 Å². The first-order valence-electron chi connectivity index (χ1n) is 8.37. The molecule has 8 heteroatoms. The van der Waals surface area contributed by atoms with Gasteiger partial charge in [0.2, 0.25) is 0 Å². The number of nitrogens with zero attached hydrogens (tertiary/aromatic N) is 2. The minimum Gasteiger partial charge on any atom is -0.496 e. The lowest BCUT2D eigenvalue weighted by Crippen LogP contribution is -2.49.